The minimum absolute atomic E-state index is 0.102. The maximum Gasteiger partial charge on any atom is 0.336 e. The molecule has 1 heterocycles. The quantitative estimate of drug-likeness (QED) is 0.198. The van der Waals surface area contributed by atoms with Gasteiger partial charge in [0.05, 0.1) is 10.5 Å². The van der Waals surface area contributed by atoms with E-state index in [9.17, 15) is 19.7 Å². The molecule has 2 aromatic rings. The number of carbonyl (C=O) groups excluding carboxylic acids is 2. The first kappa shape index (κ1) is 26.0. The highest BCUT2D eigenvalue weighted by Crippen LogP contribution is 2.46. The van der Waals surface area contributed by atoms with Crippen molar-refractivity contribution < 1.29 is 19.2 Å². The lowest BCUT2D eigenvalue weighted by Gasteiger charge is -2.36. The topological polar surface area (TPSA) is 98.5 Å². The summed E-state index contributed by atoms with van der Waals surface area (Å²) in [4.78, 5) is 37.9. The van der Waals surface area contributed by atoms with Gasteiger partial charge in [0.15, 0.2) is 5.78 Å². The largest absolute Gasteiger partial charge is 0.461 e. The molecule has 2 aromatic carbocycles. The van der Waals surface area contributed by atoms with Gasteiger partial charge in [-0.3, -0.25) is 14.9 Å². The number of benzene rings is 2. The van der Waals surface area contributed by atoms with Crippen LogP contribution in [0.3, 0.4) is 0 Å². The van der Waals surface area contributed by atoms with E-state index >= 15 is 0 Å². The number of non-ortho nitro benzene ring substituents is 1. The van der Waals surface area contributed by atoms with E-state index in [2.05, 4.69) is 5.32 Å². The molecule has 0 saturated carbocycles. The maximum atomic E-state index is 13.6. The van der Waals surface area contributed by atoms with Gasteiger partial charge in [-0.15, -0.1) is 0 Å². The normalized spacial score (nSPS) is 19.6. The van der Waals surface area contributed by atoms with Crippen LogP contribution >= 0.6 is 23.4 Å². The number of Topliss-reactive ketones (excluding diaryl/α,β-unsaturated/α-hetero) is 1. The first-order chi connectivity index (χ1) is 17.3. The molecule has 0 radical (unpaired) electrons. The Morgan fingerprint density at radius 2 is 2.00 bits per heavy atom. The van der Waals surface area contributed by atoms with Crippen molar-refractivity contribution in [2.75, 3.05) is 18.1 Å². The van der Waals surface area contributed by atoms with Crippen molar-refractivity contribution in [3.63, 3.8) is 0 Å². The van der Waals surface area contributed by atoms with Crippen LogP contribution in [0.1, 0.15) is 49.7 Å². The Kier molecular flexibility index (Phi) is 8.16. The Bertz CT molecular complexity index is 1270. The highest BCUT2D eigenvalue weighted by molar-refractivity contribution is 7.99. The molecule has 0 saturated heterocycles. The second-order valence-electron chi connectivity index (χ2n) is 8.72. The van der Waals surface area contributed by atoms with E-state index in [0.717, 1.165) is 11.3 Å². The predicted octanol–water partition coefficient (Wildman–Crippen LogP) is 5.91. The van der Waals surface area contributed by atoms with Gasteiger partial charge in [-0.2, -0.15) is 11.8 Å². The molecule has 36 heavy (non-hydrogen) atoms. The Morgan fingerprint density at radius 3 is 2.72 bits per heavy atom. The summed E-state index contributed by atoms with van der Waals surface area (Å²) in [6, 6.07) is 13.6. The van der Waals surface area contributed by atoms with Gasteiger partial charge in [-0.25, -0.2) is 4.79 Å². The third kappa shape index (κ3) is 5.34. The van der Waals surface area contributed by atoms with E-state index in [1.165, 1.54) is 12.1 Å². The fourth-order valence-corrected chi connectivity index (χ4v) is 5.68. The predicted molar refractivity (Wildman–Crippen MR) is 141 cm³/mol. The lowest BCUT2D eigenvalue weighted by Crippen LogP contribution is -2.36. The molecule has 0 unspecified atom stereocenters. The molecule has 7 nitrogen and oxygen atoms in total. The van der Waals surface area contributed by atoms with Crippen molar-refractivity contribution in [3.05, 3.63) is 97.3 Å². The average molecular weight is 527 g/mol. The van der Waals surface area contributed by atoms with Crippen LogP contribution in [0.5, 0.6) is 0 Å². The van der Waals surface area contributed by atoms with Crippen LogP contribution in [0.25, 0.3) is 0 Å². The van der Waals surface area contributed by atoms with Crippen molar-refractivity contribution in [3.8, 4) is 0 Å². The van der Waals surface area contributed by atoms with Gasteiger partial charge < -0.3 is 10.1 Å². The molecule has 1 N–H and O–H groups in total. The molecule has 188 valence electrons. The molecule has 0 fully saturated rings. The molecular weight excluding hydrogens is 500 g/mol. The van der Waals surface area contributed by atoms with Crippen LogP contribution in [0.15, 0.2) is 71.1 Å². The molecule has 0 bridgehead atoms. The number of hydrogen-bond donors (Lipinski definition) is 1. The van der Waals surface area contributed by atoms with Crippen LogP contribution in [-0.2, 0) is 14.3 Å². The van der Waals surface area contributed by atoms with Gasteiger partial charge in [0, 0.05) is 52.2 Å². The molecule has 0 spiro atoms. The van der Waals surface area contributed by atoms with Crippen molar-refractivity contribution in [1.29, 1.82) is 0 Å². The van der Waals surface area contributed by atoms with Crippen LogP contribution in [-0.4, -0.2) is 34.8 Å². The summed E-state index contributed by atoms with van der Waals surface area (Å²) in [5.74, 6) is 0.0534. The highest BCUT2D eigenvalue weighted by atomic mass is 35.5. The molecule has 2 aliphatic rings. The minimum atomic E-state index is -0.757. The zero-order valence-corrected chi connectivity index (χ0v) is 21.7. The number of nitrogens with one attached hydrogen (secondary N) is 1. The maximum absolute atomic E-state index is 13.6. The Labute approximate surface area is 219 Å². The third-order valence-corrected chi connectivity index (χ3v) is 7.68. The Balaban J connectivity index is 1.76. The van der Waals surface area contributed by atoms with Crippen molar-refractivity contribution in [1.82, 2.24) is 5.32 Å². The van der Waals surface area contributed by atoms with Crippen LogP contribution < -0.4 is 5.32 Å². The van der Waals surface area contributed by atoms with Crippen LogP contribution in [0, 0.1) is 10.1 Å². The lowest BCUT2D eigenvalue weighted by atomic mass is 9.71. The third-order valence-electron chi connectivity index (χ3n) is 6.47. The summed E-state index contributed by atoms with van der Waals surface area (Å²) < 4.78 is 5.56. The first-order valence-electron chi connectivity index (χ1n) is 11.8. The monoisotopic (exact) mass is 526 g/mol. The molecule has 1 aliphatic heterocycles. The number of thioether (sulfide) groups is 1. The van der Waals surface area contributed by atoms with Crippen molar-refractivity contribution >= 4 is 40.8 Å². The van der Waals surface area contributed by atoms with Crippen molar-refractivity contribution in [2.24, 2.45) is 0 Å². The van der Waals surface area contributed by atoms with Gasteiger partial charge in [0.2, 0.25) is 0 Å². The molecule has 9 heteroatoms. The summed E-state index contributed by atoms with van der Waals surface area (Å²) in [5, 5.41) is 15.4. The molecule has 0 aromatic heterocycles. The van der Waals surface area contributed by atoms with Gasteiger partial charge in [-0.05, 0) is 42.2 Å². The van der Waals surface area contributed by atoms with Gasteiger partial charge in [0.1, 0.15) is 6.61 Å². The van der Waals surface area contributed by atoms with Crippen LogP contribution in [0.2, 0.25) is 5.02 Å². The summed E-state index contributed by atoms with van der Waals surface area (Å²) in [5.41, 5.74) is 3.36. The number of nitro benzene ring substituents is 1. The summed E-state index contributed by atoms with van der Waals surface area (Å²) in [6.07, 6.45) is 0.757. The number of dihydropyridines is 1. The first-order valence-corrected chi connectivity index (χ1v) is 13.3. The van der Waals surface area contributed by atoms with E-state index in [1.54, 1.807) is 30.8 Å². The SMILES string of the molecule is CCSCCOC(=O)C1=C(C)NC2=C(C(=O)C[C@H](c3ccccc3Cl)C2)[C@H]1c1cccc([N+](=O)[O-])c1. The fraction of sp³-hybridized carbons (Fsp3) is 0.333. The smallest absolute Gasteiger partial charge is 0.336 e. The number of nitrogens with zero attached hydrogens (tertiary/aromatic N) is 1. The van der Waals surface area contributed by atoms with Crippen molar-refractivity contribution in [2.45, 2.75) is 38.5 Å². The lowest BCUT2D eigenvalue weighted by molar-refractivity contribution is -0.384. The number of esters is 1. The molecule has 2 atom stereocenters. The summed E-state index contributed by atoms with van der Waals surface area (Å²) in [6.45, 7) is 4.04. The minimum Gasteiger partial charge on any atom is -0.461 e. The van der Waals surface area contributed by atoms with E-state index in [0.29, 0.717) is 45.3 Å². The van der Waals surface area contributed by atoms with E-state index in [1.807, 2.05) is 31.2 Å². The Morgan fingerprint density at radius 1 is 1.22 bits per heavy atom. The number of allylic oxidation sites excluding steroid dienone is 3. The number of ketones is 1. The number of hydrogen-bond acceptors (Lipinski definition) is 7. The highest BCUT2D eigenvalue weighted by Gasteiger charge is 2.42. The van der Waals surface area contributed by atoms with E-state index in [-0.39, 0.29) is 30.4 Å². The number of halogens is 1. The average Bonchev–Trinajstić information content (AvgIpc) is 2.86. The molecule has 1 aliphatic carbocycles. The number of carbonyl (C=O) groups is 2. The van der Waals surface area contributed by atoms with E-state index < -0.39 is 16.8 Å². The Hall–Kier alpha value is -3.10. The second-order valence-corrected chi connectivity index (χ2v) is 10.5. The fourth-order valence-electron chi connectivity index (χ4n) is 4.90. The zero-order valence-electron chi connectivity index (χ0n) is 20.1. The van der Waals surface area contributed by atoms with Crippen LogP contribution in [0.4, 0.5) is 5.69 Å². The second kappa shape index (κ2) is 11.3. The number of nitro groups is 1. The molecule has 4 rings (SSSR count). The summed E-state index contributed by atoms with van der Waals surface area (Å²) >= 11 is 8.09. The molecular formula is C27H27ClN2O5S. The van der Waals surface area contributed by atoms with Gasteiger partial charge in [0.25, 0.3) is 5.69 Å². The standard InChI is InChI=1S/C27H27ClN2O5S/c1-3-36-12-11-35-27(32)24-16(2)29-22-14-18(20-9-4-5-10-21(20)28)15-23(31)26(22)25(24)17-7-6-8-19(13-17)30(33)34/h4-10,13,18,25,29H,3,11-12,14-15H2,1-2H3/t18-,25+/m1/s1. The van der Waals surface area contributed by atoms with Gasteiger partial charge in [-0.1, -0.05) is 48.9 Å². The number of ether oxygens (including phenoxy) is 1. The number of rotatable bonds is 8. The summed E-state index contributed by atoms with van der Waals surface area (Å²) in [7, 11) is 0. The molecule has 0 amide bonds. The zero-order chi connectivity index (χ0) is 25.8. The van der Waals surface area contributed by atoms with Gasteiger partial charge >= 0.3 is 5.97 Å². The van der Waals surface area contributed by atoms with E-state index in [4.69, 9.17) is 16.3 Å².